The Morgan fingerprint density at radius 2 is 1.84 bits per heavy atom. The Morgan fingerprint density at radius 1 is 1.13 bits per heavy atom. The highest BCUT2D eigenvalue weighted by atomic mass is 19.4. The zero-order valence-corrected chi connectivity index (χ0v) is 17.4. The minimum absolute atomic E-state index is 0.0571. The van der Waals surface area contributed by atoms with E-state index < -0.39 is 17.8 Å². The van der Waals surface area contributed by atoms with Crippen LogP contribution < -0.4 is 4.74 Å². The van der Waals surface area contributed by atoms with Gasteiger partial charge in [0.05, 0.1) is 19.9 Å². The fourth-order valence-electron chi connectivity index (χ4n) is 3.61. The van der Waals surface area contributed by atoms with Crippen molar-refractivity contribution < 1.29 is 32.2 Å². The van der Waals surface area contributed by atoms with Gasteiger partial charge in [0, 0.05) is 25.1 Å². The number of alkyl halides is 3. The van der Waals surface area contributed by atoms with Crippen molar-refractivity contribution in [1.29, 1.82) is 0 Å². The SMILES string of the molecule is COC(=O)CCCCCN1CCc2c(C(F)(F)F)nn(-c3ccc(OC)cc3)c2C1=O. The van der Waals surface area contributed by atoms with Crippen molar-refractivity contribution in [3.63, 3.8) is 0 Å². The van der Waals surface area contributed by atoms with Crippen LogP contribution in [0.4, 0.5) is 13.2 Å². The number of methoxy groups -OCH3 is 2. The van der Waals surface area contributed by atoms with Crippen LogP contribution in [0.1, 0.15) is 47.4 Å². The maximum atomic E-state index is 13.6. The first-order valence-electron chi connectivity index (χ1n) is 9.96. The Kier molecular flexibility index (Phi) is 6.87. The summed E-state index contributed by atoms with van der Waals surface area (Å²) in [5.74, 6) is -0.226. The van der Waals surface area contributed by atoms with E-state index in [1.165, 1.54) is 14.2 Å². The molecule has 0 N–H and O–H groups in total. The van der Waals surface area contributed by atoms with Gasteiger partial charge in [-0.15, -0.1) is 0 Å². The smallest absolute Gasteiger partial charge is 0.435 e. The summed E-state index contributed by atoms with van der Waals surface area (Å²) in [5, 5.41) is 3.76. The normalized spacial score (nSPS) is 13.8. The lowest BCUT2D eigenvalue weighted by molar-refractivity contribution is -0.142. The maximum Gasteiger partial charge on any atom is 0.435 e. The highest BCUT2D eigenvalue weighted by molar-refractivity contribution is 5.96. The molecule has 0 fully saturated rings. The first-order valence-corrected chi connectivity index (χ1v) is 9.96. The van der Waals surface area contributed by atoms with E-state index in [2.05, 4.69) is 9.84 Å². The van der Waals surface area contributed by atoms with E-state index in [9.17, 15) is 22.8 Å². The molecule has 1 aromatic carbocycles. The van der Waals surface area contributed by atoms with E-state index in [0.29, 0.717) is 43.7 Å². The van der Waals surface area contributed by atoms with E-state index >= 15 is 0 Å². The second-order valence-electron chi connectivity index (χ2n) is 7.21. The number of carbonyl (C=O) groups is 2. The number of halogens is 3. The van der Waals surface area contributed by atoms with E-state index in [0.717, 1.165) is 4.68 Å². The van der Waals surface area contributed by atoms with Gasteiger partial charge < -0.3 is 14.4 Å². The van der Waals surface area contributed by atoms with Gasteiger partial charge >= 0.3 is 12.1 Å². The van der Waals surface area contributed by atoms with Gasteiger partial charge in [0.25, 0.3) is 5.91 Å². The highest BCUT2D eigenvalue weighted by Gasteiger charge is 2.43. The molecule has 10 heteroatoms. The zero-order chi connectivity index (χ0) is 22.6. The van der Waals surface area contributed by atoms with Crippen LogP contribution in [0, 0.1) is 0 Å². The molecule has 2 aromatic rings. The lowest BCUT2D eigenvalue weighted by Gasteiger charge is -2.28. The average Bonchev–Trinajstić information content (AvgIpc) is 3.15. The summed E-state index contributed by atoms with van der Waals surface area (Å²) in [6.45, 7) is 0.592. The second kappa shape index (κ2) is 9.40. The monoisotopic (exact) mass is 439 g/mol. The number of carbonyl (C=O) groups excluding carboxylic acids is 2. The number of esters is 1. The third-order valence-electron chi connectivity index (χ3n) is 5.23. The summed E-state index contributed by atoms with van der Waals surface area (Å²) in [7, 11) is 2.81. The molecule has 1 amide bonds. The summed E-state index contributed by atoms with van der Waals surface area (Å²) in [6, 6.07) is 6.32. The summed E-state index contributed by atoms with van der Waals surface area (Å²) < 4.78 is 51.5. The highest BCUT2D eigenvalue weighted by Crippen LogP contribution is 2.36. The van der Waals surface area contributed by atoms with Crippen molar-refractivity contribution in [2.24, 2.45) is 0 Å². The van der Waals surface area contributed by atoms with Crippen LogP contribution in [0.15, 0.2) is 24.3 Å². The van der Waals surface area contributed by atoms with Gasteiger partial charge in [-0.1, -0.05) is 6.42 Å². The van der Waals surface area contributed by atoms with Crippen molar-refractivity contribution in [2.45, 2.75) is 38.3 Å². The van der Waals surface area contributed by atoms with Crippen molar-refractivity contribution >= 4 is 11.9 Å². The van der Waals surface area contributed by atoms with Crippen LogP contribution in [-0.2, 0) is 22.1 Å². The van der Waals surface area contributed by atoms with Crippen molar-refractivity contribution in [3.05, 3.63) is 41.2 Å². The molecule has 0 spiro atoms. The van der Waals surface area contributed by atoms with Crippen LogP contribution in [0.3, 0.4) is 0 Å². The standard InChI is InChI=1S/C21H24F3N3O4/c1-30-15-9-7-14(8-10-15)27-18-16(19(25-27)21(22,23)24)11-13-26(20(18)29)12-5-3-4-6-17(28)31-2/h7-10H,3-6,11-13H2,1-2H3. The average molecular weight is 439 g/mol. The molecule has 7 nitrogen and oxygen atoms in total. The van der Waals surface area contributed by atoms with Crippen LogP contribution in [0.2, 0.25) is 0 Å². The molecule has 0 atom stereocenters. The van der Waals surface area contributed by atoms with E-state index in [-0.39, 0.29) is 30.2 Å². The van der Waals surface area contributed by atoms with Crippen molar-refractivity contribution in [1.82, 2.24) is 14.7 Å². The Labute approximate surface area is 177 Å². The van der Waals surface area contributed by atoms with Gasteiger partial charge in [0.1, 0.15) is 11.4 Å². The fraction of sp³-hybridized carbons (Fsp3) is 0.476. The molecule has 168 valence electrons. The summed E-state index contributed by atoms with van der Waals surface area (Å²) in [5.41, 5.74) is -0.807. The number of fused-ring (bicyclic) bond motifs is 1. The number of benzene rings is 1. The zero-order valence-electron chi connectivity index (χ0n) is 17.4. The molecule has 31 heavy (non-hydrogen) atoms. The van der Waals surface area contributed by atoms with E-state index in [1.807, 2.05) is 0 Å². The first-order chi connectivity index (χ1) is 14.8. The largest absolute Gasteiger partial charge is 0.497 e. The molecular formula is C21H24F3N3O4. The Morgan fingerprint density at radius 3 is 2.45 bits per heavy atom. The molecule has 0 bridgehead atoms. The van der Waals surface area contributed by atoms with Gasteiger partial charge in [0.15, 0.2) is 5.69 Å². The summed E-state index contributed by atoms with van der Waals surface area (Å²) in [6.07, 6.45) is -2.31. The predicted octanol–water partition coefficient (Wildman–Crippen LogP) is 3.63. The molecule has 1 aliphatic heterocycles. The lowest BCUT2D eigenvalue weighted by Crippen LogP contribution is -2.39. The predicted molar refractivity (Wildman–Crippen MR) is 105 cm³/mol. The van der Waals surface area contributed by atoms with Crippen LogP contribution in [-0.4, -0.2) is 53.9 Å². The minimum Gasteiger partial charge on any atom is -0.497 e. The molecular weight excluding hydrogens is 415 g/mol. The molecule has 0 radical (unpaired) electrons. The number of unbranched alkanes of at least 4 members (excludes halogenated alkanes) is 2. The van der Waals surface area contributed by atoms with Gasteiger partial charge in [-0.3, -0.25) is 9.59 Å². The van der Waals surface area contributed by atoms with Crippen LogP contribution >= 0.6 is 0 Å². The molecule has 0 saturated carbocycles. The lowest BCUT2D eigenvalue weighted by atomic mass is 10.0. The van der Waals surface area contributed by atoms with Crippen molar-refractivity contribution in [3.8, 4) is 11.4 Å². The number of hydrogen-bond donors (Lipinski definition) is 0. The quantitative estimate of drug-likeness (QED) is 0.464. The Hall–Kier alpha value is -3.04. The Balaban J connectivity index is 1.82. The molecule has 0 saturated heterocycles. The van der Waals surface area contributed by atoms with Gasteiger partial charge in [-0.2, -0.15) is 18.3 Å². The fourth-order valence-corrected chi connectivity index (χ4v) is 3.61. The second-order valence-corrected chi connectivity index (χ2v) is 7.21. The first kappa shape index (κ1) is 22.6. The van der Waals surface area contributed by atoms with Crippen LogP contribution in [0.5, 0.6) is 5.75 Å². The third kappa shape index (κ3) is 5.00. The molecule has 0 unspecified atom stereocenters. The summed E-state index contributed by atoms with van der Waals surface area (Å²) >= 11 is 0. The summed E-state index contributed by atoms with van der Waals surface area (Å²) in [4.78, 5) is 25.8. The maximum absolute atomic E-state index is 13.6. The van der Waals surface area contributed by atoms with Gasteiger partial charge in [-0.05, 0) is 43.5 Å². The molecule has 1 aromatic heterocycles. The van der Waals surface area contributed by atoms with E-state index in [4.69, 9.17) is 4.74 Å². The van der Waals surface area contributed by atoms with Gasteiger partial charge in [0.2, 0.25) is 0 Å². The number of amides is 1. The number of rotatable bonds is 8. The molecule has 1 aliphatic rings. The number of ether oxygens (including phenoxy) is 2. The number of hydrogen-bond acceptors (Lipinski definition) is 5. The molecule has 2 heterocycles. The van der Waals surface area contributed by atoms with Crippen LogP contribution in [0.25, 0.3) is 5.69 Å². The van der Waals surface area contributed by atoms with E-state index in [1.54, 1.807) is 29.2 Å². The Bertz CT molecular complexity index is 939. The molecule has 0 aliphatic carbocycles. The van der Waals surface area contributed by atoms with Gasteiger partial charge in [-0.25, -0.2) is 4.68 Å². The topological polar surface area (TPSA) is 73.7 Å². The minimum atomic E-state index is -4.65. The third-order valence-corrected chi connectivity index (χ3v) is 5.23. The van der Waals surface area contributed by atoms with Crippen molar-refractivity contribution in [2.75, 3.05) is 27.3 Å². The molecule has 3 rings (SSSR count). The number of nitrogens with zero attached hydrogens (tertiary/aromatic N) is 3. The number of aromatic nitrogens is 2.